The molecule has 0 N–H and O–H groups in total. The Morgan fingerprint density at radius 3 is 2.67 bits per heavy atom. The van der Waals surface area contributed by atoms with Gasteiger partial charge in [0.2, 0.25) is 0 Å². The molecule has 0 aliphatic heterocycles. The Morgan fingerprint density at radius 1 is 1.10 bits per heavy atom. The molecule has 6 rings (SSSR count). The molecule has 11 nitrogen and oxygen atoms in total. The lowest BCUT2D eigenvalue weighted by molar-refractivity contribution is -0.387. The first-order valence-corrected chi connectivity index (χ1v) is 14.0. The van der Waals surface area contributed by atoms with Crippen molar-refractivity contribution in [1.82, 2.24) is 19.6 Å². The van der Waals surface area contributed by atoms with Gasteiger partial charge in [0.05, 0.1) is 52.4 Å². The zero-order valence-electron chi connectivity index (χ0n) is 21.4. The van der Waals surface area contributed by atoms with Crippen molar-refractivity contribution in [3.63, 3.8) is 0 Å². The van der Waals surface area contributed by atoms with E-state index in [4.69, 9.17) is 0 Å². The maximum atomic E-state index is 14.5. The third-order valence-corrected chi connectivity index (χ3v) is 9.11. The summed E-state index contributed by atoms with van der Waals surface area (Å²) in [6.45, 7) is 0. The molecule has 0 spiro atoms. The van der Waals surface area contributed by atoms with Gasteiger partial charge in [-0.1, -0.05) is 24.3 Å². The van der Waals surface area contributed by atoms with Crippen LogP contribution in [0.25, 0.3) is 16.6 Å². The average molecular weight is 554 g/mol. The lowest BCUT2D eigenvalue weighted by Crippen LogP contribution is -2.37. The molecule has 0 radical (unpaired) electrons. The first kappa shape index (κ1) is 25.3. The molecular weight excluding hydrogens is 530 g/mol. The van der Waals surface area contributed by atoms with Gasteiger partial charge in [-0.15, -0.1) is 0 Å². The Kier molecular flexibility index (Phi) is 6.08. The molecule has 1 aliphatic carbocycles. The number of hydrogen-bond donors (Lipinski definition) is 0. The van der Waals surface area contributed by atoms with Crippen molar-refractivity contribution in [3.8, 4) is 11.8 Å². The van der Waals surface area contributed by atoms with Gasteiger partial charge in [0, 0.05) is 18.5 Å². The second kappa shape index (κ2) is 9.62. The molecule has 0 saturated heterocycles. The van der Waals surface area contributed by atoms with Gasteiger partial charge in [0.15, 0.2) is 4.90 Å². The van der Waals surface area contributed by atoms with Crippen LogP contribution in [0.4, 0.5) is 11.4 Å². The number of nitro benzene ring substituents is 1. The van der Waals surface area contributed by atoms with Crippen LogP contribution in [0.5, 0.6) is 0 Å². The lowest BCUT2D eigenvalue weighted by atomic mass is 9.85. The van der Waals surface area contributed by atoms with Crippen molar-refractivity contribution in [2.45, 2.75) is 30.2 Å². The van der Waals surface area contributed by atoms with Crippen LogP contribution in [0.2, 0.25) is 0 Å². The number of sulfonamides is 1. The number of para-hydroxylation sites is 1. The Balaban J connectivity index is 1.61. The molecule has 2 aromatic heterocycles. The highest BCUT2D eigenvalue weighted by atomic mass is 32.2. The number of nitro groups is 1. The number of aryl methyl sites for hydroxylation is 1. The lowest BCUT2D eigenvalue weighted by Gasteiger charge is -2.36. The van der Waals surface area contributed by atoms with Crippen LogP contribution in [0, 0.1) is 21.4 Å². The van der Waals surface area contributed by atoms with Crippen LogP contribution in [0.1, 0.15) is 35.6 Å². The van der Waals surface area contributed by atoms with Crippen molar-refractivity contribution in [1.29, 1.82) is 5.26 Å². The Labute approximate surface area is 229 Å². The number of hydrogen-bond acceptors (Lipinski definition) is 7. The summed E-state index contributed by atoms with van der Waals surface area (Å²) in [4.78, 5) is 10.8. The molecular formula is C28H23N7O4S. The summed E-state index contributed by atoms with van der Waals surface area (Å²) in [6.07, 6.45) is 6.89. The zero-order chi connectivity index (χ0) is 28.0. The predicted octanol–water partition coefficient (Wildman–Crippen LogP) is 4.81. The normalized spacial score (nSPS) is 14.9. The Hall–Kier alpha value is -5.02. The molecule has 5 aromatic rings. The zero-order valence-corrected chi connectivity index (χ0v) is 22.2. The van der Waals surface area contributed by atoms with E-state index in [1.54, 1.807) is 65.3 Å². The van der Waals surface area contributed by atoms with Crippen LogP contribution < -0.4 is 4.31 Å². The molecule has 1 atom stereocenters. The fraction of sp³-hybridized carbons (Fsp3) is 0.179. The third kappa shape index (κ3) is 4.07. The first-order chi connectivity index (χ1) is 19.3. The van der Waals surface area contributed by atoms with Gasteiger partial charge in [-0.3, -0.25) is 19.1 Å². The summed E-state index contributed by atoms with van der Waals surface area (Å²) in [5.41, 5.74) is 3.18. The minimum absolute atomic E-state index is 0.330. The molecule has 0 fully saturated rings. The monoisotopic (exact) mass is 553 g/mol. The fourth-order valence-electron chi connectivity index (χ4n) is 5.46. The van der Waals surface area contributed by atoms with Crippen LogP contribution in [0.3, 0.4) is 0 Å². The molecule has 0 amide bonds. The minimum atomic E-state index is -4.45. The summed E-state index contributed by atoms with van der Waals surface area (Å²) >= 11 is 0. The van der Waals surface area contributed by atoms with Crippen molar-refractivity contribution >= 4 is 32.3 Å². The SMILES string of the molecule is Cn1cc(-n2ncc3ccc(N(C4CCCc5c(C#N)cccc54)S(=O)(=O)c4ccccc4[N+](=O)[O-])cc32)cn1. The van der Waals surface area contributed by atoms with E-state index in [-0.39, 0.29) is 0 Å². The van der Waals surface area contributed by atoms with E-state index in [0.717, 1.165) is 10.9 Å². The minimum Gasteiger partial charge on any atom is -0.274 e. The van der Waals surface area contributed by atoms with Crippen LogP contribution in [-0.2, 0) is 23.5 Å². The number of nitriles is 1. The van der Waals surface area contributed by atoms with E-state index in [1.807, 2.05) is 6.07 Å². The molecule has 200 valence electrons. The number of anilines is 1. The Bertz CT molecular complexity index is 1940. The van der Waals surface area contributed by atoms with Gasteiger partial charge in [0.25, 0.3) is 15.7 Å². The molecule has 2 heterocycles. The summed E-state index contributed by atoms with van der Waals surface area (Å²) in [5.74, 6) is 0. The standard InChI is InChI=1S/C28H23N7O4S/c1-32-18-22(17-30-32)33-27-14-21(13-12-20(27)16-31-33)34(40(38,39)28-11-3-2-9-26(28)35(36)37)25-10-5-7-23-19(15-29)6-4-8-24(23)25/h2-4,6,8-9,11-14,16-18,25H,5,7,10H2,1H3. The third-order valence-electron chi connectivity index (χ3n) is 7.22. The van der Waals surface area contributed by atoms with Gasteiger partial charge in [-0.2, -0.15) is 15.5 Å². The van der Waals surface area contributed by atoms with E-state index in [2.05, 4.69) is 16.3 Å². The number of rotatable bonds is 6. The summed E-state index contributed by atoms with van der Waals surface area (Å²) in [7, 11) is -2.66. The van der Waals surface area contributed by atoms with Gasteiger partial charge >= 0.3 is 0 Å². The van der Waals surface area contributed by atoms with E-state index in [0.29, 0.717) is 47.3 Å². The van der Waals surface area contributed by atoms with Crippen molar-refractivity contribution in [3.05, 3.63) is 106 Å². The smallest absolute Gasteiger partial charge is 0.274 e. The van der Waals surface area contributed by atoms with E-state index < -0.39 is 31.6 Å². The largest absolute Gasteiger partial charge is 0.289 e. The van der Waals surface area contributed by atoms with Crippen molar-refractivity contribution in [2.24, 2.45) is 7.05 Å². The maximum Gasteiger partial charge on any atom is 0.289 e. The molecule has 12 heteroatoms. The Morgan fingerprint density at radius 2 is 1.93 bits per heavy atom. The number of aromatic nitrogens is 4. The summed E-state index contributed by atoms with van der Waals surface area (Å²) in [5, 5.41) is 31.1. The fourth-order valence-corrected chi connectivity index (χ4v) is 7.27. The molecule has 1 unspecified atom stereocenters. The van der Waals surface area contributed by atoms with Crippen LogP contribution in [0.15, 0.2) is 84.1 Å². The van der Waals surface area contributed by atoms with Gasteiger partial charge in [-0.05, 0) is 60.7 Å². The summed E-state index contributed by atoms with van der Waals surface area (Å²) in [6, 6.07) is 17.4. The first-order valence-electron chi connectivity index (χ1n) is 12.6. The quantitative estimate of drug-likeness (QED) is 0.217. The number of benzene rings is 3. The second-order valence-electron chi connectivity index (χ2n) is 9.59. The molecule has 1 aliphatic rings. The highest BCUT2D eigenvalue weighted by molar-refractivity contribution is 7.93. The molecule has 3 aromatic carbocycles. The highest BCUT2D eigenvalue weighted by Crippen LogP contribution is 2.43. The summed E-state index contributed by atoms with van der Waals surface area (Å²) < 4.78 is 33.5. The van der Waals surface area contributed by atoms with Crippen molar-refractivity contribution in [2.75, 3.05) is 4.31 Å². The predicted molar refractivity (Wildman–Crippen MR) is 147 cm³/mol. The average Bonchev–Trinajstić information content (AvgIpc) is 3.58. The van der Waals surface area contributed by atoms with Crippen molar-refractivity contribution < 1.29 is 13.3 Å². The van der Waals surface area contributed by atoms with Crippen LogP contribution in [-0.4, -0.2) is 32.9 Å². The number of nitrogens with zero attached hydrogens (tertiary/aromatic N) is 7. The van der Waals surface area contributed by atoms with Gasteiger partial charge in [-0.25, -0.2) is 13.1 Å². The number of fused-ring (bicyclic) bond motifs is 2. The second-order valence-corrected chi connectivity index (χ2v) is 11.4. The maximum absolute atomic E-state index is 14.5. The molecule has 0 bridgehead atoms. The van der Waals surface area contributed by atoms with E-state index >= 15 is 0 Å². The molecule has 0 saturated carbocycles. The van der Waals surface area contributed by atoms with E-state index in [1.165, 1.54) is 28.6 Å². The topological polar surface area (TPSA) is 140 Å². The molecule has 40 heavy (non-hydrogen) atoms. The highest BCUT2D eigenvalue weighted by Gasteiger charge is 2.39. The van der Waals surface area contributed by atoms with Gasteiger partial charge in [0.1, 0.15) is 5.69 Å². The van der Waals surface area contributed by atoms with Crippen LogP contribution >= 0.6 is 0 Å². The van der Waals surface area contributed by atoms with Gasteiger partial charge < -0.3 is 0 Å². The van der Waals surface area contributed by atoms with E-state index in [9.17, 15) is 23.8 Å².